The molecule has 0 fully saturated rings. The van der Waals surface area contributed by atoms with Gasteiger partial charge in [-0.15, -0.1) is 0 Å². The minimum Gasteiger partial charge on any atom is -0.454 e. The van der Waals surface area contributed by atoms with Gasteiger partial charge in [0.05, 0.1) is 6.54 Å². The zero-order valence-corrected chi connectivity index (χ0v) is 16.7. The Labute approximate surface area is 158 Å². The monoisotopic (exact) mass is 362 g/mol. The quantitative estimate of drug-likeness (QED) is 0.495. The van der Waals surface area contributed by atoms with Crippen LogP contribution in [-0.4, -0.2) is 49.9 Å². The third kappa shape index (κ3) is 6.41. The zero-order chi connectivity index (χ0) is 18.8. The van der Waals surface area contributed by atoms with Crippen LogP contribution in [0.15, 0.2) is 23.2 Å². The fourth-order valence-electron chi connectivity index (χ4n) is 3.00. The number of aliphatic imine (C=N–C) groups is 1. The molecule has 2 N–H and O–H groups in total. The van der Waals surface area contributed by atoms with Gasteiger partial charge >= 0.3 is 0 Å². The van der Waals surface area contributed by atoms with Crippen LogP contribution in [0.2, 0.25) is 0 Å². The highest BCUT2D eigenvalue weighted by Crippen LogP contribution is 2.32. The Hall–Kier alpha value is -1.95. The van der Waals surface area contributed by atoms with Crippen LogP contribution in [0.5, 0.6) is 11.5 Å². The first-order valence-electron chi connectivity index (χ1n) is 9.81. The summed E-state index contributed by atoms with van der Waals surface area (Å²) < 4.78 is 10.8. The first kappa shape index (κ1) is 20.4. The molecule has 1 aliphatic heterocycles. The van der Waals surface area contributed by atoms with Gasteiger partial charge in [-0.3, -0.25) is 0 Å². The molecule has 1 atom stereocenters. The maximum atomic E-state index is 5.43. The second-order valence-corrected chi connectivity index (χ2v) is 6.60. The van der Waals surface area contributed by atoms with Gasteiger partial charge < -0.3 is 25.0 Å². The van der Waals surface area contributed by atoms with Crippen LogP contribution >= 0.6 is 0 Å². The highest BCUT2D eigenvalue weighted by atomic mass is 16.7. The van der Waals surface area contributed by atoms with Crippen molar-refractivity contribution in [2.24, 2.45) is 4.99 Å². The Morgan fingerprint density at radius 3 is 2.69 bits per heavy atom. The summed E-state index contributed by atoms with van der Waals surface area (Å²) in [5.74, 6) is 2.48. The molecular formula is C20H34N4O2. The Kier molecular flexibility index (Phi) is 8.54. The lowest BCUT2D eigenvalue weighted by Gasteiger charge is -2.21. The number of nitrogens with zero attached hydrogens (tertiary/aromatic N) is 2. The van der Waals surface area contributed by atoms with Gasteiger partial charge in [0.25, 0.3) is 0 Å². The van der Waals surface area contributed by atoms with Crippen LogP contribution in [0.25, 0.3) is 0 Å². The van der Waals surface area contributed by atoms with Crippen LogP contribution in [0, 0.1) is 0 Å². The van der Waals surface area contributed by atoms with Crippen molar-refractivity contribution in [3.8, 4) is 11.5 Å². The van der Waals surface area contributed by atoms with E-state index < -0.39 is 0 Å². The van der Waals surface area contributed by atoms with Gasteiger partial charge in [0.2, 0.25) is 6.79 Å². The van der Waals surface area contributed by atoms with Crippen molar-refractivity contribution in [2.45, 2.75) is 53.1 Å². The van der Waals surface area contributed by atoms with Crippen LogP contribution in [-0.2, 0) is 6.54 Å². The Bertz CT molecular complexity index is 573. The lowest BCUT2D eigenvalue weighted by Crippen LogP contribution is -2.42. The molecule has 1 unspecified atom stereocenters. The van der Waals surface area contributed by atoms with E-state index in [9.17, 15) is 0 Å². The normalized spacial score (nSPS) is 14.6. The lowest BCUT2D eigenvalue weighted by molar-refractivity contribution is 0.174. The molecular weight excluding hydrogens is 328 g/mol. The van der Waals surface area contributed by atoms with E-state index in [1.165, 1.54) is 6.42 Å². The van der Waals surface area contributed by atoms with Crippen molar-refractivity contribution in [1.29, 1.82) is 0 Å². The number of hydrogen-bond acceptors (Lipinski definition) is 4. The van der Waals surface area contributed by atoms with Crippen LogP contribution in [0.1, 0.15) is 46.1 Å². The lowest BCUT2D eigenvalue weighted by atomic mass is 10.2. The fraction of sp³-hybridized carbons (Fsp3) is 0.650. The standard InChI is InChI=1S/C20H34N4O2/c1-5-21-20(23-16(4)9-8-12-24(6-2)7-3)22-14-17-10-11-18-19(13-17)26-15-25-18/h10-11,13,16H,5-9,12,14-15H2,1-4H3,(H2,21,22,23). The number of fused-ring (bicyclic) bond motifs is 1. The van der Waals surface area contributed by atoms with Crippen LogP contribution < -0.4 is 20.1 Å². The molecule has 0 saturated carbocycles. The van der Waals surface area contributed by atoms with Gasteiger partial charge in [-0.2, -0.15) is 0 Å². The van der Waals surface area contributed by atoms with Gasteiger partial charge in [-0.25, -0.2) is 4.99 Å². The number of guanidine groups is 1. The Balaban J connectivity index is 1.83. The van der Waals surface area contributed by atoms with Crippen molar-refractivity contribution >= 4 is 5.96 Å². The van der Waals surface area contributed by atoms with Crippen molar-refractivity contribution in [3.63, 3.8) is 0 Å². The molecule has 6 heteroatoms. The number of rotatable bonds is 10. The molecule has 1 heterocycles. The number of nitrogens with one attached hydrogen (secondary N) is 2. The molecule has 26 heavy (non-hydrogen) atoms. The van der Waals surface area contributed by atoms with Gasteiger partial charge in [0.15, 0.2) is 17.5 Å². The number of benzene rings is 1. The largest absolute Gasteiger partial charge is 0.454 e. The summed E-state index contributed by atoms with van der Waals surface area (Å²) in [7, 11) is 0. The van der Waals surface area contributed by atoms with Crippen LogP contribution in [0.4, 0.5) is 0 Å². The molecule has 0 amide bonds. The summed E-state index contributed by atoms with van der Waals surface area (Å²) in [5.41, 5.74) is 1.11. The van der Waals surface area contributed by atoms with E-state index in [1.54, 1.807) is 0 Å². The minimum absolute atomic E-state index is 0.303. The molecule has 0 bridgehead atoms. The molecule has 0 aliphatic carbocycles. The fourth-order valence-corrected chi connectivity index (χ4v) is 3.00. The van der Waals surface area contributed by atoms with Crippen LogP contribution in [0.3, 0.4) is 0 Å². The maximum absolute atomic E-state index is 5.43. The summed E-state index contributed by atoms with van der Waals surface area (Å²) >= 11 is 0. The third-order valence-corrected chi connectivity index (χ3v) is 4.59. The zero-order valence-electron chi connectivity index (χ0n) is 16.7. The van der Waals surface area contributed by atoms with Crippen molar-refractivity contribution in [1.82, 2.24) is 15.5 Å². The summed E-state index contributed by atoms with van der Waals surface area (Å²) in [5, 5.41) is 6.84. The molecule has 1 aliphatic rings. The van der Waals surface area contributed by atoms with Gasteiger partial charge in [-0.1, -0.05) is 19.9 Å². The molecule has 1 aromatic carbocycles. The smallest absolute Gasteiger partial charge is 0.231 e. The van der Waals surface area contributed by atoms with E-state index in [2.05, 4.69) is 43.2 Å². The summed E-state index contributed by atoms with van der Waals surface area (Å²) in [6.07, 6.45) is 2.32. The molecule has 146 valence electrons. The van der Waals surface area contributed by atoms with E-state index in [-0.39, 0.29) is 0 Å². The van der Waals surface area contributed by atoms with Gasteiger partial charge in [0.1, 0.15) is 0 Å². The number of ether oxygens (including phenoxy) is 2. The van der Waals surface area contributed by atoms with Gasteiger partial charge in [-0.05, 0) is 64.0 Å². The Morgan fingerprint density at radius 2 is 1.96 bits per heavy atom. The third-order valence-electron chi connectivity index (χ3n) is 4.59. The second kappa shape index (κ2) is 10.9. The van der Waals surface area contributed by atoms with E-state index in [1.807, 2.05) is 18.2 Å². The average Bonchev–Trinajstić information content (AvgIpc) is 3.11. The molecule has 6 nitrogen and oxygen atoms in total. The Morgan fingerprint density at radius 1 is 1.19 bits per heavy atom. The minimum atomic E-state index is 0.303. The van der Waals surface area contributed by atoms with Crippen molar-refractivity contribution in [2.75, 3.05) is 33.0 Å². The summed E-state index contributed by atoms with van der Waals surface area (Å²) in [6.45, 7) is 13.9. The summed E-state index contributed by atoms with van der Waals surface area (Å²) in [6, 6.07) is 6.38. The predicted octanol–water partition coefficient (Wildman–Crippen LogP) is 2.98. The van der Waals surface area contributed by atoms with Gasteiger partial charge in [0, 0.05) is 12.6 Å². The topological polar surface area (TPSA) is 58.1 Å². The molecule has 0 radical (unpaired) electrons. The van der Waals surface area contributed by atoms with Crippen molar-refractivity contribution in [3.05, 3.63) is 23.8 Å². The molecule has 0 spiro atoms. The van der Waals surface area contributed by atoms with Crippen molar-refractivity contribution < 1.29 is 9.47 Å². The van der Waals surface area contributed by atoms with E-state index in [4.69, 9.17) is 14.5 Å². The first-order chi connectivity index (χ1) is 12.7. The maximum Gasteiger partial charge on any atom is 0.231 e. The molecule has 0 saturated heterocycles. The SMILES string of the molecule is CCNC(=NCc1ccc2c(c1)OCO2)NC(C)CCCN(CC)CC. The highest BCUT2D eigenvalue weighted by molar-refractivity contribution is 5.80. The average molecular weight is 363 g/mol. The van der Waals surface area contributed by atoms with E-state index in [0.29, 0.717) is 19.4 Å². The molecule has 2 rings (SSSR count). The number of hydrogen-bond donors (Lipinski definition) is 2. The van der Waals surface area contributed by atoms with E-state index in [0.717, 1.165) is 55.6 Å². The second-order valence-electron chi connectivity index (χ2n) is 6.60. The predicted molar refractivity (Wildman–Crippen MR) is 107 cm³/mol. The molecule has 1 aromatic rings. The summed E-state index contributed by atoms with van der Waals surface area (Å²) in [4.78, 5) is 7.18. The van der Waals surface area contributed by atoms with E-state index >= 15 is 0 Å². The highest BCUT2D eigenvalue weighted by Gasteiger charge is 2.13. The molecule has 0 aromatic heterocycles. The first-order valence-corrected chi connectivity index (χ1v) is 9.81.